The Bertz CT molecular complexity index is 624. The van der Waals surface area contributed by atoms with Gasteiger partial charge in [0.1, 0.15) is 11.9 Å². The Kier molecular flexibility index (Phi) is 3.56. The monoisotopic (exact) mass is 336 g/mol. The van der Waals surface area contributed by atoms with E-state index < -0.39 is 6.10 Å². The second kappa shape index (κ2) is 5.22. The van der Waals surface area contributed by atoms with Gasteiger partial charge in [0, 0.05) is 34.3 Å². The number of aromatic nitrogens is 2. The molecule has 106 valence electrons. The molecule has 3 rings (SSSR count). The number of aliphatic hydroxyl groups is 1. The Morgan fingerprint density at radius 1 is 1.45 bits per heavy atom. The summed E-state index contributed by atoms with van der Waals surface area (Å²) in [6.07, 6.45) is 3.71. The van der Waals surface area contributed by atoms with E-state index in [0.717, 1.165) is 21.3 Å². The molecule has 0 fully saturated rings. The van der Waals surface area contributed by atoms with Crippen molar-refractivity contribution >= 4 is 15.9 Å². The maximum absolute atomic E-state index is 10.3. The van der Waals surface area contributed by atoms with Crippen LogP contribution in [0.5, 0.6) is 5.75 Å². The maximum atomic E-state index is 10.3. The van der Waals surface area contributed by atoms with Crippen LogP contribution in [0.15, 0.2) is 35.1 Å². The SMILES string of the molecule is CC(C)n1cc(C2CC(O)c3ccc(Br)cc3O2)cn1. The molecule has 5 heteroatoms. The smallest absolute Gasteiger partial charge is 0.130 e. The van der Waals surface area contributed by atoms with E-state index in [1.165, 1.54) is 0 Å². The first-order chi connectivity index (χ1) is 9.54. The lowest BCUT2D eigenvalue weighted by molar-refractivity contribution is 0.0656. The van der Waals surface area contributed by atoms with Gasteiger partial charge in [-0.2, -0.15) is 5.10 Å². The Balaban J connectivity index is 1.90. The maximum Gasteiger partial charge on any atom is 0.130 e. The fourth-order valence-corrected chi connectivity index (χ4v) is 2.76. The lowest BCUT2D eigenvalue weighted by atomic mass is 9.96. The van der Waals surface area contributed by atoms with E-state index in [1.807, 2.05) is 35.3 Å². The van der Waals surface area contributed by atoms with E-state index in [2.05, 4.69) is 34.9 Å². The molecule has 20 heavy (non-hydrogen) atoms. The summed E-state index contributed by atoms with van der Waals surface area (Å²) in [5.74, 6) is 0.737. The second-order valence-electron chi connectivity index (χ2n) is 5.39. The van der Waals surface area contributed by atoms with Crippen molar-refractivity contribution in [1.82, 2.24) is 9.78 Å². The normalized spacial score (nSPS) is 21.6. The molecule has 1 aliphatic heterocycles. The molecule has 1 aromatic carbocycles. The van der Waals surface area contributed by atoms with Crippen molar-refractivity contribution in [3.05, 3.63) is 46.2 Å². The summed E-state index contributed by atoms with van der Waals surface area (Å²) >= 11 is 3.43. The summed E-state index contributed by atoms with van der Waals surface area (Å²) in [6.45, 7) is 4.17. The minimum Gasteiger partial charge on any atom is -0.485 e. The van der Waals surface area contributed by atoms with Crippen LogP contribution < -0.4 is 4.74 Å². The average Bonchev–Trinajstić information content (AvgIpc) is 2.87. The highest BCUT2D eigenvalue weighted by atomic mass is 79.9. The van der Waals surface area contributed by atoms with E-state index in [1.54, 1.807) is 0 Å². The van der Waals surface area contributed by atoms with Crippen molar-refractivity contribution in [3.63, 3.8) is 0 Å². The molecule has 0 saturated heterocycles. The molecule has 2 aromatic rings. The van der Waals surface area contributed by atoms with Gasteiger partial charge in [0.05, 0.1) is 12.3 Å². The quantitative estimate of drug-likeness (QED) is 0.907. The molecule has 4 nitrogen and oxygen atoms in total. The Morgan fingerprint density at radius 2 is 2.25 bits per heavy atom. The largest absolute Gasteiger partial charge is 0.485 e. The highest BCUT2D eigenvalue weighted by Crippen LogP contribution is 2.41. The Hall–Kier alpha value is -1.33. The van der Waals surface area contributed by atoms with Crippen LogP contribution >= 0.6 is 15.9 Å². The third-order valence-electron chi connectivity index (χ3n) is 3.56. The number of aliphatic hydroxyl groups excluding tert-OH is 1. The van der Waals surface area contributed by atoms with Crippen LogP contribution in [0, 0.1) is 0 Å². The van der Waals surface area contributed by atoms with E-state index in [4.69, 9.17) is 4.74 Å². The van der Waals surface area contributed by atoms with Crippen LogP contribution in [-0.4, -0.2) is 14.9 Å². The zero-order chi connectivity index (χ0) is 14.3. The summed E-state index contributed by atoms with van der Waals surface area (Å²) in [5.41, 5.74) is 1.85. The van der Waals surface area contributed by atoms with E-state index >= 15 is 0 Å². The third-order valence-corrected chi connectivity index (χ3v) is 4.06. The molecular formula is C15H17BrN2O2. The summed E-state index contributed by atoms with van der Waals surface area (Å²) in [6, 6.07) is 6.04. The first-order valence-electron chi connectivity index (χ1n) is 6.73. The van der Waals surface area contributed by atoms with E-state index in [0.29, 0.717) is 12.5 Å². The third kappa shape index (κ3) is 2.47. The van der Waals surface area contributed by atoms with Gasteiger partial charge in [0.25, 0.3) is 0 Å². The van der Waals surface area contributed by atoms with E-state index in [9.17, 15) is 5.11 Å². The van der Waals surface area contributed by atoms with Crippen LogP contribution in [0.1, 0.15) is 49.6 Å². The number of hydrogen-bond donors (Lipinski definition) is 1. The van der Waals surface area contributed by atoms with Gasteiger partial charge in [-0.25, -0.2) is 0 Å². The molecule has 0 spiro atoms. The van der Waals surface area contributed by atoms with Crippen molar-refractivity contribution in [3.8, 4) is 5.75 Å². The number of halogens is 1. The summed E-state index contributed by atoms with van der Waals surface area (Å²) in [4.78, 5) is 0. The fraction of sp³-hybridized carbons (Fsp3) is 0.400. The van der Waals surface area contributed by atoms with Crippen molar-refractivity contribution in [1.29, 1.82) is 0 Å². The molecule has 1 N–H and O–H groups in total. The Labute approximate surface area is 126 Å². The molecular weight excluding hydrogens is 320 g/mol. The van der Waals surface area contributed by atoms with Gasteiger partial charge in [0.2, 0.25) is 0 Å². The van der Waals surface area contributed by atoms with Gasteiger partial charge in [-0.1, -0.05) is 22.0 Å². The van der Waals surface area contributed by atoms with Gasteiger partial charge in [-0.15, -0.1) is 0 Å². The van der Waals surface area contributed by atoms with Gasteiger partial charge in [0.15, 0.2) is 0 Å². The zero-order valence-corrected chi connectivity index (χ0v) is 13.0. The number of benzene rings is 1. The predicted molar refractivity (Wildman–Crippen MR) is 79.7 cm³/mol. The van der Waals surface area contributed by atoms with Crippen molar-refractivity contribution < 1.29 is 9.84 Å². The van der Waals surface area contributed by atoms with Crippen LogP contribution in [0.4, 0.5) is 0 Å². The number of hydrogen-bond acceptors (Lipinski definition) is 3. The summed E-state index contributed by atoms with van der Waals surface area (Å²) < 4.78 is 8.87. The Morgan fingerprint density at radius 3 is 2.95 bits per heavy atom. The lowest BCUT2D eigenvalue weighted by Crippen LogP contribution is -2.18. The molecule has 1 aromatic heterocycles. The number of nitrogens with zero attached hydrogens (tertiary/aromatic N) is 2. The number of ether oxygens (including phenoxy) is 1. The zero-order valence-electron chi connectivity index (χ0n) is 11.5. The van der Waals surface area contributed by atoms with Crippen molar-refractivity contribution in [2.24, 2.45) is 0 Å². The first-order valence-corrected chi connectivity index (χ1v) is 7.52. The molecule has 1 aliphatic rings. The second-order valence-corrected chi connectivity index (χ2v) is 6.30. The highest BCUT2D eigenvalue weighted by Gasteiger charge is 2.29. The average molecular weight is 337 g/mol. The number of rotatable bonds is 2. The van der Waals surface area contributed by atoms with Gasteiger partial charge < -0.3 is 9.84 Å². The molecule has 0 bridgehead atoms. The van der Waals surface area contributed by atoms with Gasteiger partial charge in [-0.05, 0) is 26.0 Å². The van der Waals surface area contributed by atoms with Gasteiger partial charge in [-0.3, -0.25) is 4.68 Å². The summed E-state index contributed by atoms with van der Waals surface area (Å²) in [5, 5.41) is 14.6. The molecule has 0 radical (unpaired) electrons. The van der Waals surface area contributed by atoms with Crippen LogP contribution in [0.25, 0.3) is 0 Å². The minimum absolute atomic E-state index is 0.153. The predicted octanol–water partition coefficient (Wildman–Crippen LogP) is 3.78. The molecule has 2 atom stereocenters. The van der Waals surface area contributed by atoms with Gasteiger partial charge >= 0.3 is 0 Å². The molecule has 2 unspecified atom stereocenters. The van der Waals surface area contributed by atoms with Crippen LogP contribution in [-0.2, 0) is 0 Å². The molecule has 2 heterocycles. The van der Waals surface area contributed by atoms with E-state index in [-0.39, 0.29) is 6.10 Å². The topological polar surface area (TPSA) is 47.3 Å². The fourth-order valence-electron chi connectivity index (χ4n) is 2.42. The lowest BCUT2D eigenvalue weighted by Gasteiger charge is -2.29. The van der Waals surface area contributed by atoms with Crippen molar-refractivity contribution in [2.45, 2.75) is 38.5 Å². The first kappa shape index (κ1) is 13.6. The molecule has 0 saturated carbocycles. The molecule has 0 aliphatic carbocycles. The minimum atomic E-state index is -0.501. The van der Waals surface area contributed by atoms with Crippen LogP contribution in [0.3, 0.4) is 0 Å². The summed E-state index contributed by atoms with van der Waals surface area (Å²) in [7, 11) is 0. The van der Waals surface area contributed by atoms with Crippen LogP contribution in [0.2, 0.25) is 0 Å². The molecule has 0 amide bonds. The highest BCUT2D eigenvalue weighted by molar-refractivity contribution is 9.10. The standard InChI is InChI=1S/C15H17BrN2O2/c1-9(2)18-8-10(7-17-18)14-6-13(19)12-4-3-11(16)5-15(12)20-14/h3-5,7-9,13-14,19H,6H2,1-2H3. The van der Waals surface area contributed by atoms with Crippen molar-refractivity contribution in [2.75, 3.05) is 0 Å². The number of fused-ring (bicyclic) bond motifs is 1.